The summed E-state index contributed by atoms with van der Waals surface area (Å²) >= 11 is 0. The zero-order valence-electron chi connectivity index (χ0n) is 10.3. The van der Waals surface area contributed by atoms with Crippen molar-refractivity contribution in [3.05, 3.63) is 24.3 Å². The summed E-state index contributed by atoms with van der Waals surface area (Å²) < 4.78 is 26.2. The highest BCUT2D eigenvalue weighted by molar-refractivity contribution is 7.89. The van der Waals surface area contributed by atoms with Crippen molar-refractivity contribution < 1.29 is 8.42 Å². The minimum Gasteiger partial charge on any atom is -0.324 e. The van der Waals surface area contributed by atoms with Crippen LogP contribution in [0.3, 0.4) is 0 Å². The highest BCUT2D eigenvalue weighted by atomic mass is 32.2. The zero-order chi connectivity index (χ0) is 13.2. The Balaban J connectivity index is 2.19. The summed E-state index contributed by atoms with van der Waals surface area (Å²) in [6.45, 7) is 2.61. The summed E-state index contributed by atoms with van der Waals surface area (Å²) in [7, 11) is -1.38. The fourth-order valence-corrected chi connectivity index (χ4v) is 3.32. The minimum absolute atomic E-state index is 0.311. The lowest BCUT2D eigenvalue weighted by atomic mass is 10.3. The number of nitrogen functional groups attached to an aromatic ring is 1. The second-order valence-corrected chi connectivity index (χ2v) is 6.31. The van der Waals surface area contributed by atoms with Crippen molar-refractivity contribution in [2.45, 2.75) is 4.90 Å². The van der Waals surface area contributed by atoms with E-state index in [-0.39, 0.29) is 0 Å². The Labute approximate surface area is 107 Å². The molecule has 0 unspecified atom stereocenters. The van der Waals surface area contributed by atoms with E-state index >= 15 is 0 Å². The van der Waals surface area contributed by atoms with Gasteiger partial charge in [0.05, 0.1) is 4.90 Å². The fraction of sp³-hybridized carbons (Fsp3) is 0.455. The van der Waals surface area contributed by atoms with E-state index in [1.165, 1.54) is 4.31 Å². The SMILES string of the molecule is CN1CCN(S(=O)(=O)c2ccc(NN)cc2)CC1. The zero-order valence-corrected chi connectivity index (χ0v) is 11.2. The highest BCUT2D eigenvalue weighted by Gasteiger charge is 2.27. The Bertz CT molecular complexity index is 492. The average molecular weight is 270 g/mol. The van der Waals surface area contributed by atoms with Crippen LogP contribution in [0.4, 0.5) is 5.69 Å². The predicted molar refractivity (Wildman–Crippen MR) is 70.5 cm³/mol. The maximum atomic E-state index is 12.3. The second-order valence-electron chi connectivity index (χ2n) is 4.38. The van der Waals surface area contributed by atoms with Crippen molar-refractivity contribution in [3.63, 3.8) is 0 Å². The maximum absolute atomic E-state index is 12.3. The molecule has 0 radical (unpaired) electrons. The van der Waals surface area contributed by atoms with Crippen LogP contribution in [-0.4, -0.2) is 50.8 Å². The number of nitrogens with zero attached hydrogens (tertiary/aromatic N) is 2. The van der Waals surface area contributed by atoms with Gasteiger partial charge in [-0.05, 0) is 31.3 Å². The number of likely N-dealkylation sites (N-methyl/N-ethyl adjacent to an activating group) is 1. The molecule has 0 aromatic heterocycles. The van der Waals surface area contributed by atoms with Crippen molar-refractivity contribution in [1.82, 2.24) is 9.21 Å². The van der Waals surface area contributed by atoms with E-state index in [4.69, 9.17) is 5.84 Å². The first kappa shape index (κ1) is 13.3. The van der Waals surface area contributed by atoms with E-state index in [1.807, 2.05) is 7.05 Å². The van der Waals surface area contributed by atoms with Gasteiger partial charge in [-0.2, -0.15) is 4.31 Å². The van der Waals surface area contributed by atoms with Gasteiger partial charge in [0.15, 0.2) is 0 Å². The molecule has 1 aliphatic rings. The Morgan fingerprint density at radius 2 is 1.67 bits per heavy atom. The first-order valence-corrected chi connectivity index (χ1v) is 7.23. The van der Waals surface area contributed by atoms with Crippen molar-refractivity contribution >= 4 is 15.7 Å². The van der Waals surface area contributed by atoms with E-state index in [1.54, 1.807) is 24.3 Å². The van der Waals surface area contributed by atoms with Crippen LogP contribution >= 0.6 is 0 Å². The van der Waals surface area contributed by atoms with Crippen LogP contribution in [0.5, 0.6) is 0 Å². The van der Waals surface area contributed by atoms with E-state index in [0.29, 0.717) is 23.7 Å². The Morgan fingerprint density at radius 3 is 2.17 bits per heavy atom. The normalized spacial score (nSPS) is 18.8. The van der Waals surface area contributed by atoms with E-state index in [0.717, 1.165) is 13.1 Å². The van der Waals surface area contributed by atoms with Crippen LogP contribution in [0.1, 0.15) is 0 Å². The number of sulfonamides is 1. The van der Waals surface area contributed by atoms with Gasteiger partial charge in [-0.1, -0.05) is 0 Å². The van der Waals surface area contributed by atoms with Gasteiger partial charge < -0.3 is 10.3 Å². The molecule has 0 bridgehead atoms. The summed E-state index contributed by atoms with van der Waals surface area (Å²) in [4.78, 5) is 2.43. The molecule has 100 valence electrons. The number of rotatable bonds is 3. The summed E-state index contributed by atoms with van der Waals surface area (Å²) in [6.07, 6.45) is 0. The van der Waals surface area contributed by atoms with Crippen LogP contribution in [-0.2, 0) is 10.0 Å². The number of hydrazine groups is 1. The average Bonchev–Trinajstić information content (AvgIpc) is 2.39. The van der Waals surface area contributed by atoms with E-state index in [2.05, 4.69) is 10.3 Å². The molecular weight excluding hydrogens is 252 g/mol. The number of nitrogens with two attached hydrogens (primary N) is 1. The van der Waals surface area contributed by atoms with Crippen molar-refractivity contribution in [2.24, 2.45) is 5.84 Å². The number of benzene rings is 1. The van der Waals surface area contributed by atoms with Crippen molar-refractivity contribution in [1.29, 1.82) is 0 Å². The number of nitrogens with one attached hydrogen (secondary N) is 1. The molecule has 1 aromatic rings. The van der Waals surface area contributed by atoms with Gasteiger partial charge in [-0.15, -0.1) is 0 Å². The van der Waals surface area contributed by atoms with Crippen LogP contribution < -0.4 is 11.3 Å². The lowest BCUT2D eigenvalue weighted by molar-refractivity contribution is 0.222. The van der Waals surface area contributed by atoms with Gasteiger partial charge in [-0.3, -0.25) is 5.84 Å². The molecule has 0 saturated carbocycles. The molecule has 3 N–H and O–H groups in total. The Morgan fingerprint density at radius 1 is 1.11 bits per heavy atom. The van der Waals surface area contributed by atoms with Gasteiger partial charge in [0.25, 0.3) is 0 Å². The Kier molecular flexibility index (Phi) is 3.86. The lowest BCUT2D eigenvalue weighted by Crippen LogP contribution is -2.46. The quantitative estimate of drug-likeness (QED) is 0.593. The fourth-order valence-electron chi connectivity index (χ4n) is 1.90. The molecule has 0 atom stereocenters. The lowest BCUT2D eigenvalue weighted by Gasteiger charge is -2.31. The molecule has 1 aromatic carbocycles. The molecular formula is C11H18N4O2S. The smallest absolute Gasteiger partial charge is 0.243 e. The predicted octanol–water partition coefficient (Wildman–Crippen LogP) is -0.0917. The molecule has 6 nitrogen and oxygen atoms in total. The first-order chi connectivity index (χ1) is 8.54. The third-order valence-electron chi connectivity index (χ3n) is 3.12. The molecule has 1 heterocycles. The van der Waals surface area contributed by atoms with Crippen LogP contribution in [0.15, 0.2) is 29.2 Å². The van der Waals surface area contributed by atoms with Crippen molar-refractivity contribution in [3.8, 4) is 0 Å². The van der Waals surface area contributed by atoms with E-state index < -0.39 is 10.0 Å². The van der Waals surface area contributed by atoms with Crippen LogP contribution in [0.2, 0.25) is 0 Å². The largest absolute Gasteiger partial charge is 0.324 e. The topological polar surface area (TPSA) is 78.7 Å². The van der Waals surface area contributed by atoms with Crippen molar-refractivity contribution in [2.75, 3.05) is 38.7 Å². The Hall–Kier alpha value is -1.15. The molecule has 18 heavy (non-hydrogen) atoms. The molecule has 1 saturated heterocycles. The molecule has 0 amide bonds. The molecule has 7 heteroatoms. The number of hydrogen-bond donors (Lipinski definition) is 2. The van der Waals surface area contributed by atoms with Gasteiger partial charge in [-0.25, -0.2) is 8.42 Å². The standard InChI is InChI=1S/C11H18N4O2S/c1-14-6-8-15(9-7-14)18(16,17)11-4-2-10(13-12)3-5-11/h2-5,13H,6-9,12H2,1H3. The molecule has 0 spiro atoms. The van der Waals surface area contributed by atoms with Crippen LogP contribution in [0.25, 0.3) is 0 Å². The molecule has 1 aliphatic heterocycles. The monoisotopic (exact) mass is 270 g/mol. The number of anilines is 1. The first-order valence-electron chi connectivity index (χ1n) is 5.79. The minimum atomic E-state index is -3.37. The van der Waals surface area contributed by atoms with Gasteiger partial charge in [0, 0.05) is 31.9 Å². The maximum Gasteiger partial charge on any atom is 0.243 e. The van der Waals surface area contributed by atoms with Gasteiger partial charge in [0.1, 0.15) is 0 Å². The number of hydrogen-bond acceptors (Lipinski definition) is 5. The molecule has 2 rings (SSSR count). The third kappa shape index (κ3) is 2.64. The molecule has 1 fully saturated rings. The highest BCUT2D eigenvalue weighted by Crippen LogP contribution is 2.19. The molecule has 0 aliphatic carbocycles. The third-order valence-corrected chi connectivity index (χ3v) is 5.03. The summed E-state index contributed by atoms with van der Waals surface area (Å²) in [5, 5.41) is 0. The summed E-state index contributed by atoms with van der Waals surface area (Å²) in [5.41, 5.74) is 3.16. The van der Waals surface area contributed by atoms with E-state index in [9.17, 15) is 8.42 Å². The van der Waals surface area contributed by atoms with Gasteiger partial charge >= 0.3 is 0 Å². The second kappa shape index (κ2) is 5.23. The van der Waals surface area contributed by atoms with Gasteiger partial charge in [0.2, 0.25) is 10.0 Å². The summed E-state index contributed by atoms with van der Waals surface area (Å²) in [5.74, 6) is 5.25. The number of piperazine rings is 1. The van der Waals surface area contributed by atoms with Crippen LogP contribution in [0, 0.1) is 0 Å². The summed E-state index contributed by atoms with van der Waals surface area (Å²) in [6, 6.07) is 6.46.